The SMILES string of the molecule is CCC/C=C\CCCCCCCCCC[C@@H](O)[C@H](C)NC(=O)CCCCC. The second kappa shape index (κ2) is 19.9. The van der Waals surface area contributed by atoms with Gasteiger partial charge < -0.3 is 10.4 Å². The van der Waals surface area contributed by atoms with E-state index in [1.807, 2.05) is 6.92 Å². The molecule has 0 aromatic rings. The molecule has 0 rings (SSSR count). The van der Waals surface area contributed by atoms with Crippen LogP contribution in [0.5, 0.6) is 0 Å². The van der Waals surface area contributed by atoms with Gasteiger partial charge in [-0.1, -0.05) is 90.2 Å². The highest BCUT2D eigenvalue weighted by atomic mass is 16.3. The predicted molar refractivity (Wildman–Crippen MR) is 118 cm³/mol. The summed E-state index contributed by atoms with van der Waals surface area (Å²) in [6, 6.07) is -0.134. The lowest BCUT2D eigenvalue weighted by atomic mass is 10.0. The maximum atomic E-state index is 11.8. The highest BCUT2D eigenvalue weighted by molar-refractivity contribution is 5.76. The van der Waals surface area contributed by atoms with E-state index in [4.69, 9.17) is 0 Å². The van der Waals surface area contributed by atoms with Crippen LogP contribution in [0.1, 0.15) is 124 Å². The highest BCUT2D eigenvalue weighted by Gasteiger charge is 2.15. The van der Waals surface area contributed by atoms with Crippen molar-refractivity contribution in [2.75, 3.05) is 0 Å². The third kappa shape index (κ3) is 18.3. The molecule has 0 bridgehead atoms. The molecule has 1 amide bonds. The van der Waals surface area contributed by atoms with Crippen molar-refractivity contribution >= 4 is 5.91 Å². The number of nitrogens with one attached hydrogen (secondary N) is 1. The summed E-state index contributed by atoms with van der Waals surface area (Å²) in [5.41, 5.74) is 0. The van der Waals surface area contributed by atoms with Crippen LogP contribution in [0.3, 0.4) is 0 Å². The van der Waals surface area contributed by atoms with Gasteiger partial charge in [-0.05, 0) is 39.0 Å². The van der Waals surface area contributed by atoms with Gasteiger partial charge in [-0.25, -0.2) is 0 Å². The van der Waals surface area contributed by atoms with Crippen LogP contribution >= 0.6 is 0 Å². The van der Waals surface area contributed by atoms with E-state index in [0.29, 0.717) is 6.42 Å². The Kier molecular flexibility index (Phi) is 19.3. The molecule has 3 heteroatoms. The van der Waals surface area contributed by atoms with Gasteiger partial charge >= 0.3 is 0 Å². The fraction of sp³-hybridized carbons (Fsp3) is 0.875. The number of rotatable bonds is 19. The van der Waals surface area contributed by atoms with E-state index in [0.717, 1.165) is 32.1 Å². The van der Waals surface area contributed by atoms with Crippen molar-refractivity contribution < 1.29 is 9.90 Å². The smallest absolute Gasteiger partial charge is 0.220 e. The van der Waals surface area contributed by atoms with Crippen molar-refractivity contribution in [2.45, 2.75) is 136 Å². The van der Waals surface area contributed by atoms with Crippen molar-refractivity contribution in [3.8, 4) is 0 Å². The van der Waals surface area contributed by atoms with E-state index < -0.39 is 6.10 Å². The number of unbranched alkanes of at least 4 members (excludes halogenated alkanes) is 11. The first-order chi connectivity index (χ1) is 13.1. The summed E-state index contributed by atoms with van der Waals surface area (Å²) in [5.74, 6) is 0.0795. The van der Waals surface area contributed by atoms with Crippen molar-refractivity contribution in [1.82, 2.24) is 5.32 Å². The number of aliphatic hydroxyl groups excluding tert-OH is 1. The summed E-state index contributed by atoms with van der Waals surface area (Å²) >= 11 is 0. The Morgan fingerprint density at radius 1 is 0.815 bits per heavy atom. The minimum atomic E-state index is -0.416. The average molecular weight is 382 g/mol. The molecule has 27 heavy (non-hydrogen) atoms. The molecule has 0 saturated carbocycles. The Bertz CT molecular complexity index is 354. The Labute approximate surface area is 169 Å². The summed E-state index contributed by atoms with van der Waals surface area (Å²) < 4.78 is 0. The van der Waals surface area contributed by atoms with Gasteiger partial charge in [-0.3, -0.25) is 4.79 Å². The van der Waals surface area contributed by atoms with Gasteiger partial charge in [-0.2, -0.15) is 0 Å². The summed E-state index contributed by atoms with van der Waals surface area (Å²) in [4.78, 5) is 11.8. The number of carbonyl (C=O) groups is 1. The molecule has 0 aliphatic heterocycles. The molecule has 0 unspecified atom stereocenters. The minimum absolute atomic E-state index is 0.0795. The lowest BCUT2D eigenvalue weighted by molar-refractivity contribution is -0.122. The molecule has 0 saturated heterocycles. The number of hydrogen-bond donors (Lipinski definition) is 2. The van der Waals surface area contributed by atoms with Gasteiger partial charge in [0.2, 0.25) is 5.91 Å². The predicted octanol–water partition coefficient (Wildman–Crippen LogP) is 6.69. The molecule has 160 valence electrons. The molecule has 3 nitrogen and oxygen atoms in total. The molecule has 0 aromatic carbocycles. The van der Waals surface area contributed by atoms with E-state index in [-0.39, 0.29) is 11.9 Å². The van der Waals surface area contributed by atoms with E-state index >= 15 is 0 Å². The van der Waals surface area contributed by atoms with Gasteiger partial charge in [-0.15, -0.1) is 0 Å². The number of aliphatic hydroxyl groups is 1. The standard InChI is InChI=1S/C24H47NO2/c1-4-6-8-9-10-11-12-13-14-15-16-17-19-20-23(26)22(3)25-24(27)21-18-7-5-2/h8-9,22-23,26H,4-7,10-21H2,1-3H3,(H,25,27)/b9-8-/t22-,23+/m0/s1. The number of allylic oxidation sites excluding steroid dienone is 2. The average Bonchev–Trinajstić information content (AvgIpc) is 2.65. The number of hydrogen-bond acceptors (Lipinski definition) is 2. The summed E-state index contributed by atoms with van der Waals surface area (Å²) in [5, 5.41) is 13.1. The molecular weight excluding hydrogens is 334 g/mol. The molecule has 0 aliphatic carbocycles. The fourth-order valence-corrected chi connectivity index (χ4v) is 3.29. The van der Waals surface area contributed by atoms with Gasteiger partial charge in [0.25, 0.3) is 0 Å². The zero-order valence-corrected chi connectivity index (χ0v) is 18.5. The first-order valence-electron chi connectivity index (χ1n) is 11.7. The van der Waals surface area contributed by atoms with Crippen LogP contribution in [0.4, 0.5) is 0 Å². The molecular formula is C24H47NO2. The molecule has 0 aromatic heterocycles. The van der Waals surface area contributed by atoms with Crippen LogP contribution in [0.25, 0.3) is 0 Å². The topological polar surface area (TPSA) is 49.3 Å². The van der Waals surface area contributed by atoms with Crippen LogP contribution < -0.4 is 5.32 Å². The third-order valence-electron chi connectivity index (χ3n) is 5.22. The zero-order valence-electron chi connectivity index (χ0n) is 18.5. The van der Waals surface area contributed by atoms with E-state index in [9.17, 15) is 9.90 Å². The Balaban J connectivity index is 3.44. The monoisotopic (exact) mass is 381 g/mol. The minimum Gasteiger partial charge on any atom is -0.391 e. The second-order valence-corrected chi connectivity index (χ2v) is 8.05. The molecule has 0 spiro atoms. The molecule has 0 radical (unpaired) electrons. The number of carbonyl (C=O) groups excluding carboxylic acids is 1. The van der Waals surface area contributed by atoms with Crippen molar-refractivity contribution in [2.24, 2.45) is 0 Å². The van der Waals surface area contributed by atoms with Crippen LogP contribution in [-0.4, -0.2) is 23.2 Å². The van der Waals surface area contributed by atoms with Crippen molar-refractivity contribution in [3.05, 3.63) is 12.2 Å². The van der Waals surface area contributed by atoms with Crippen LogP contribution in [0.2, 0.25) is 0 Å². The Hall–Kier alpha value is -0.830. The van der Waals surface area contributed by atoms with Crippen molar-refractivity contribution in [3.63, 3.8) is 0 Å². The van der Waals surface area contributed by atoms with Gasteiger partial charge in [0, 0.05) is 6.42 Å². The maximum absolute atomic E-state index is 11.8. The summed E-state index contributed by atoms with van der Waals surface area (Å²) in [7, 11) is 0. The van der Waals surface area contributed by atoms with Crippen LogP contribution in [-0.2, 0) is 4.79 Å². The highest BCUT2D eigenvalue weighted by Crippen LogP contribution is 2.13. The first kappa shape index (κ1) is 26.2. The van der Waals surface area contributed by atoms with Crippen LogP contribution in [0, 0.1) is 0 Å². The quantitative estimate of drug-likeness (QED) is 0.193. The van der Waals surface area contributed by atoms with Gasteiger partial charge in [0.15, 0.2) is 0 Å². The normalized spacial score (nSPS) is 13.8. The van der Waals surface area contributed by atoms with E-state index in [2.05, 4.69) is 31.3 Å². The number of amides is 1. The van der Waals surface area contributed by atoms with Gasteiger partial charge in [0.1, 0.15) is 0 Å². The van der Waals surface area contributed by atoms with Crippen LogP contribution in [0.15, 0.2) is 12.2 Å². The molecule has 2 atom stereocenters. The molecule has 2 N–H and O–H groups in total. The zero-order chi connectivity index (χ0) is 20.2. The largest absolute Gasteiger partial charge is 0.391 e. The first-order valence-corrected chi connectivity index (χ1v) is 11.7. The lowest BCUT2D eigenvalue weighted by Crippen LogP contribution is -2.41. The maximum Gasteiger partial charge on any atom is 0.220 e. The van der Waals surface area contributed by atoms with E-state index in [1.54, 1.807) is 0 Å². The summed E-state index contributed by atoms with van der Waals surface area (Å²) in [6.45, 7) is 6.27. The Morgan fingerprint density at radius 2 is 1.41 bits per heavy atom. The summed E-state index contributed by atoms with van der Waals surface area (Å²) in [6.07, 6.45) is 22.7. The molecule has 0 heterocycles. The van der Waals surface area contributed by atoms with Crippen molar-refractivity contribution in [1.29, 1.82) is 0 Å². The Morgan fingerprint density at radius 3 is 2.04 bits per heavy atom. The molecule has 0 aliphatic rings. The van der Waals surface area contributed by atoms with E-state index in [1.165, 1.54) is 64.2 Å². The lowest BCUT2D eigenvalue weighted by Gasteiger charge is -2.20. The molecule has 0 fully saturated rings. The fourth-order valence-electron chi connectivity index (χ4n) is 3.29. The third-order valence-corrected chi connectivity index (χ3v) is 5.22. The second-order valence-electron chi connectivity index (χ2n) is 8.05. The van der Waals surface area contributed by atoms with Gasteiger partial charge in [0.05, 0.1) is 12.1 Å².